The lowest BCUT2D eigenvalue weighted by molar-refractivity contribution is -0.122. The molecule has 0 aromatic carbocycles. The van der Waals surface area contributed by atoms with Crippen molar-refractivity contribution in [2.24, 2.45) is 51.8 Å². The number of carbonyl (C=O) groups excluding carboxylic acids is 1. The number of hydrogen-bond acceptors (Lipinski definition) is 1. The maximum absolute atomic E-state index is 12.1. The largest absolute Gasteiger partial charge is 0.299 e. The molecule has 5 rings (SSSR count). The van der Waals surface area contributed by atoms with E-state index in [0.29, 0.717) is 11.2 Å². The first kappa shape index (κ1) is 22.8. The molecule has 8 unspecified atom stereocenters. The van der Waals surface area contributed by atoms with Gasteiger partial charge in [0.2, 0.25) is 0 Å². The van der Waals surface area contributed by atoms with Crippen molar-refractivity contribution < 1.29 is 4.79 Å². The molecule has 5 aliphatic carbocycles. The summed E-state index contributed by atoms with van der Waals surface area (Å²) in [6, 6.07) is 0. The van der Waals surface area contributed by atoms with Crippen molar-refractivity contribution >= 4 is 5.78 Å². The van der Waals surface area contributed by atoms with Crippen molar-refractivity contribution in [3.8, 4) is 0 Å². The lowest BCUT2D eigenvalue weighted by Crippen LogP contribution is -2.49. The second-order valence-electron chi connectivity index (χ2n) is 12.5. The predicted octanol–water partition coefficient (Wildman–Crippen LogP) is 8.46. The van der Waals surface area contributed by atoms with Crippen LogP contribution in [0.25, 0.3) is 0 Å². The molecule has 0 saturated heterocycles. The first-order chi connectivity index (χ1) is 14.3. The fraction of sp³-hybridized carbons (Fsp3) is 0.966. The van der Waals surface area contributed by atoms with Crippen LogP contribution in [0.15, 0.2) is 0 Å². The summed E-state index contributed by atoms with van der Waals surface area (Å²) in [4.78, 5) is 12.1. The van der Waals surface area contributed by atoms with E-state index >= 15 is 0 Å². The molecule has 1 nitrogen and oxygen atoms in total. The third-order valence-corrected chi connectivity index (χ3v) is 11.5. The molecule has 0 aromatic rings. The van der Waals surface area contributed by atoms with E-state index in [4.69, 9.17) is 0 Å². The summed E-state index contributed by atoms with van der Waals surface area (Å²) in [6.07, 6.45) is 18.6. The molecular formula is C29H50O. The van der Waals surface area contributed by atoms with Crippen LogP contribution >= 0.6 is 0 Å². The highest BCUT2D eigenvalue weighted by molar-refractivity contribution is 5.80. The molecule has 0 radical (unpaired) electrons. The number of hydrogen-bond donors (Lipinski definition) is 0. The van der Waals surface area contributed by atoms with Crippen LogP contribution in [0.5, 0.6) is 0 Å². The van der Waals surface area contributed by atoms with Crippen LogP contribution in [0.1, 0.15) is 125 Å². The molecule has 2 spiro atoms. The van der Waals surface area contributed by atoms with Crippen LogP contribution in [0.2, 0.25) is 0 Å². The number of rotatable bonds is 5. The van der Waals surface area contributed by atoms with Crippen LogP contribution in [-0.4, -0.2) is 5.78 Å². The smallest absolute Gasteiger partial charge is 0.135 e. The van der Waals surface area contributed by atoms with Gasteiger partial charge in [0, 0.05) is 12.3 Å². The van der Waals surface area contributed by atoms with Crippen LogP contribution < -0.4 is 0 Å². The first-order valence-electron chi connectivity index (χ1n) is 13.9. The predicted molar refractivity (Wildman–Crippen MR) is 127 cm³/mol. The Morgan fingerprint density at radius 1 is 0.900 bits per heavy atom. The zero-order valence-corrected chi connectivity index (χ0v) is 21.1. The maximum Gasteiger partial charge on any atom is 0.135 e. The van der Waals surface area contributed by atoms with Crippen molar-refractivity contribution in [3.63, 3.8) is 0 Å². The zero-order valence-electron chi connectivity index (χ0n) is 21.1. The summed E-state index contributed by atoms with van der Waals surface area (Å²) in [5.41, 5.74) is 2.15. The lowest BCUT2D eigenvalue weighted by atomic mass is 9.48. The van der Waals surface area contributed by atoms with Gasteiger partial charge in [0.05, 0.1) is 0 Å². The van der Waals surface area contributed by atoms with Gasteiger partial charge >= 0.3 is 0 Å². The molecular weight excluding hydrogens is 364 g/mol. The Hall–Kier alpha value is -0.330. The molecule has 0 aromatic heterocycles. The number of carbonyl (C=O) groups is 1. The van der Waals surface area contributed by atoms with Gasteiger partial charge in [-0.05, 0) is 110 Å². The van der Waals surface area contributed by atoms with Gasteiger partial charge in [-0.1, -0.05) is 54.4 Å². The van der Waals surface area contributed by atoms with E-state index in [-0.39, 0.29) is 5.92 Å². The van der Waals surface area contributed by atoms with Gasteiger partial charge in [0.25, 0.3) is 0 Å². The molecule has 0 bridgehead atoms. The fourth-order valence-corrected chi connectivity index (χ4v) is 10.0. The second-order valence-corrected chi connectivity index (χ2v) is 12.5. The highest BCUT2D eigenvalue weighted by atomic mass is 16.1. The SMILES string of the molecule is CC.CC(C)C(=O)CCCC1CCC2C3CCC4C(C)CCCC45CC35CCC12C. The molecule has 172 valence electrons. The van der Waals surface area contributed by atoms with Gasteiger partial charge in [-0.3, -0.25) is 4.79 Å². The Kier molecular flexibility index (Phi) is 6.26. The summed E-state index contributed by atoms with van der Waals surface area (Å²) in [6.45, 7) is 13.4. The van der Waals surface area contributed by atoms with Crippen LogP contribution in [0.3, 0.4) is 0 Å². The molecule has 0 aliphatic heterocycles. The van der Waals surface area contributed by atoms with E-state index in [0.717, 1.165) is 53.3 Å². The monoisotopic (exact) mass is 414 g/mol. The van der Waals surface area contributed by atoms with Gasteiger partial charge in [-0.15, -0.1) is 0 Å². The van der Waals surface area contributed by atoms with Crippen molar-refractivity contribution in [3.05, 3.63) is 0 Å². The Balaban J connectivity index is 0.00000106. The fourth-order valence-electron chi connectivity index (χ4n) is 10.0. The minimum absolute atomic E-state index is 0.223. The van der Waals surface area contributed by atoms with Crippen LogP contribution in [-0.2, 0) is 4.79 Å². The van der Waals surface area contributed by atoms with Gasteiger partial charge in [0.1, 0.15) is 5.78 Å². The lowest BCUT2D eigenvalue weighted by Gasteiger charge is -2.56. The summed E-state index contributed by atoms with van der Waals surface area (Å²) < 4.78 is 0. The number of fused-ring (bicyclic) bond motifs is 2. The topological polar surface area (TPSA) is 17.1 Å². The van der Waals surface area contributed by atoms with Crippen molar-refractivity contribution in [1.29, 1.82) is 0 Å². The highest BCUT2D eigenvalue weighted by Gasteiger charge is 2.78. The summed E-state index contributed by atoms with van der Waals surface area (Å²) >= 11 is 0. The molecule has 5 aliphatic rings. The van der Waals surface area contributed by atoms with Crippen LogP contribution in [0.4, 0.5) is 0 Å². The van der Waals surface area contributed by atoms with Gasteiger partial charge in [-0.2, -0.15) is 0 Å². The number of ketones is 1. The second kappa shape index (κ2) is 8.22. The Morgan fingerprint density at radius 3 is 2.30 bits per heavy atom. The van der Waals surface area contributed by atoms with Crippen molar-refractivity contribution in [2.45, 2.75) is 125 Å². The molecule has 0 N–H and O–H groups in total. The molecule has 8 atom stereocenters. The molecule has 5 fully saturated rings. The molecule has 5 saturated carbocycles. The normalized spacial score (nSPS) is 48.6. The summed E-state index contributed by atoms with van der Waals surface area (Å²) in [7, 11) is 0. The average molecular weight is 415 g/mol. The summed E-state index contributed by atoms with van der Waals surface area (Å²) in [5.74, 6) is 5.72. The van der Waals surface area contributed by atoms with Crippen molar-refractivity contribution in [1.82, 2.24) is 0 Å². The maximum atomic E-state index is 12.1. The minimum atomic E-state index is 0.223. The van der Waals surface area contributed by atoms with E-state index < -0.39 is 0 Å². The third-order valence-electron chi connectivity index (χ3n) is 11.5. The Morgan fingerprint density at radius 2 is 1.57 bits per heavy atom. The standard InChI is InChI=1S/C27H44O.C2H6/c1-18(2)24(28)9-5-8-20-10-11-22-23-13-12-21-19(3)7-6-14-26(21)17-27(23,26)16-15-25(20,22)4;1-2/h18-23H,5-17H2,1-4H3;1-2H3. The number of Topliss-reactive ketones (excluding diaryl/α,β-unsaturated/α-hetero) is 1. The zero-order chi connectivity index (χ0) is 21.7. The molecule has 30 heavy (non-hydrogen) atoms. The first-order valence-corrected chi connectivity index (χ1v) is 13.9. The van der Waals surface area contributed by atoms with E-state index in [1.807, 2.05) is 13.8 Å². The van der Waals surface area contributed by atoms with E-state index in [1.54, 1.807) is 32.1 Å². The van der Waals surface area contributed by atoms with Gasteiger partial charge in [0.15, 0.2) is 0 Å². The van der Waals surface area contributed by atoms with Gasteiger partial charge in [-0.25, -0.2) is 0 Å². The highest BCUT2D eigenvalue weighted by Crippen LogP contribution is 2.85. The van der Waals surface area contributed by atoms with E-state index in [9.17, 15) is 4.79 Å². The Bertz CT molecular complexity index is 636. The van der Waals surface area contributed by atoms with Gasteiger partial charge < -0.3 is 0 Å². The average Bonchev–Trinajstić information content (AvgIpc) is 3.28. The summed E-state index contributed by atoms with van der Waals surface area (Å²) in [5, 5.41) is 0. The minimum Gasteiger partial charge on any atom is -0.299 e. The van der Waals surface area contributed by atoms with E-state index in [1.165, 1.54) is 38.5 Å². The third kappa shape index (κ3) is 3.18. The Labute approximate surface area is 187 Å². The quantitative estimate of drug-likeness (QED) is 0.441. The molecule has 0 amide bonds. The van der Waals surface area contributed by atoms with Crippen LogP contribution in [0, 0.1) is 51.8 Å². The van der Waals surface area contributed by atoms with Crippen molar-refractivity contribution in [2.75, 3.05) is 0 Å². The molecule has 1 heteroatoms. The van der Waals surface area contributed by atoms with E-state index in [2.05, 4.69) is 27.7 Å². The molecule has 0 heterocycles.